The summed E-state index contributed by atoms with van der Waals surface area (Å²) in [7, 11) is 0. The van der Waals surface area contributed by atoms with Gasteiger partial charge in [-0.05, 0) is 19.1 Å². The van der Waals surface area contributed by atoms with Gasteiger partial charge in [0.05, 0.1) is 27.6 Å². The van der Waals surface area contributed by atoms with E-state index in [0.717, 1.165) is 11.3 Å². The molecule has 0 spiro atoms. The van der Waals surface area contributed by atoms with E-state index in [-0.39, 0.29) is 11.6 Å². The first-order valence-electron chi connectivity index (χ1n) is 7.62. The van der Waals surface area contributed by atoms with Crippen LogP contribution in [-0.4, -0.2) is 27.4 Å². The molecule has 2 heterocycles. The third-order valence-corrected chi connectivity index (χ3v) is 5.10. The van der Waals surface area contributed by atoms with Crippen molar-refractivity contribution in [2.24, 2.45) is 0 Å². The second-order valence-corrected chi connectivity index (χ2v) is 7.04. The van der Waals surface area contributed by atoms with E-state index in [1.807, 2.05) is 18.4 Å². The molecule has 0 fully saturated rings. The molecular weight excluding hydrogens is 391 g/mol. The van der Waals surface area contributed by atoms with E-state index < -0.39 is 0 Å². The van der Waals surface area contributed by atoms with Gasteiger partial charge >= 0.3 is 0 Å². The maximum absolute atomic E-state index is 12.8. The molecule has 0 aliphatic heterocycles. The summed E-state index contributed by atoms with van der Waals surface area (Å²) >= 11 is 13.4. The standard InChI is InChI=1S/C18H14Cl2N4OS/c1-3-6-24(17(25)15-9-21-11(2)8-22-15)18-23-16(10-26-18)12-4-5-13(19)14(20)7-12/h3-5,7-10H,1,6H2,2H3. The van der Waals surface area contributed by atoms with Gasteiger partial charge in [0.1, 0.15) is 5.69 Å². The van der Waals surface area contributed by atoms with Crippen molar-refractivity contribution in [2.45, 2.75) is 6.92 Å². The van der Waals surface area contributed by atoms with E-state index in [9.17, 15) is 4.79 Å². The fourth-order valence-corrected chi connectivity index (χ4v) is 3.33. The van der Waals surface area contributed by atoms with E-state index in [4.69, 9.17) is 23.2 Å². The van der Waals surface area contributed by atoms with E-state index >= 15 is 0 Å². The predicted octanol–water partition coefficient (Wildman–Crippen LogP) is 5.05. The van der Waals surface area contributed by atoms with Crippen molar-refractivity contribution in [3.05, 3.63) is 70.1 Å². The first kappa shape index (κ1) is 18.5. The van der Waals surface area contributed by atoms with Gasteiger partial charge in [-0.15, -0.1) is 17.9 Å². The average Bonchev–Trinajstić information content (AvgIpc) is 3.12. The number of anilines is 1. The van der Waals surface area contributed by atoms with Crippen molar-refractivity contribution in [3.63, 3.8) is 0 Å². The van der Waals surface area contributed by atoms with Crippen molar-refractivity contribution in [1.29, 1.82) is 0 Å². The lowest BCUT2D eigenvalue weighted by Crippen LogP contribution is -2.31. The number of carbonyl (C=O) groups is 1. The molecule has 3 aromatic rings. The van der Waals surface area contributed by atoms with Crippen molar-refractivity contribution in [2.75, 3.05) is 11.4 Å². The molecule has 0 N–H and O–H groups in total. The van der Waals surface area contributed by atoms with Gasteiger partial charge in [0, 0.05) is 23.7 Å². The number of aromatic nitrogens is 3. The highest BCUT2D eigenvalue weighted by molar-refractivity contribution is 7.14. The molecule has 0 atom stereocenters. The first-order valence-corrected chi connectivity index (χ1v) is 9.25. The third kappa shape index (κ3) is 3.93. The molecular formula is C18H14Cl2N4OS. The van der Waals surface area contributed by atoms with Crippen LogP contribution >= 0.6 is 34.5 Å². The normalized spacial score (nSPS) is 10.6. The SMILES string of the molecule is C=CCN(C(=O)c1cnc(C)cn1)c1nc(-c2ccc(Cl)c(Cl)c2)cs1. The first-order chi connectivity index (χ1) is 12.5. The van der Waals surface area contributed by atoms with Crippen LogP contribution in [0.4, 0.5) is 5.13 Å². The van der Waals surface area contributed by atoms with Crippen LogP contribution in [0.25, 0.3) is 11.3 Å². The minimum absolute atomic E-state index is 0.253. The van der Waals surface area contributed by atoms with Gasteiger partial charge in [0.2, 0.25) is 0 Å². The number of hydrogen-bond acceptors (Lipinski definition) is 5. The zero-order valence-electron chi connectivity index (χ0n) is 13.8. The Bertz CT molecular complexity index is 956. The number of nitrogens with zero attached hydrogens (tertiary/aromatic N) is 4. The average molecular weight is 405 g/mol. The second-order valence-electron chi connectivity index (χ2n) is 5.39. The quantitative estimate of drug-likeness (QED) is 0.558. The number of hydrogen-bond donors (Lipinski definition) is 0. The van der Waals surface area contributed by atoms with Gasteiger partial charge in [0.15, 0.2) is 5.13 Å². The van der Waals surface area contributed by atoms with Crippen LogP contribution in [0.3, 0.4) is 0 Å². The number of benzene rings is 1. The second kappa shape index (κ2) is 7.95. The lowest BCUT2D eigenvalue weighted by atomic mass is 10.2. The fourth-order valence-electron chi connectivity index (χ4n) is 2.19. The largest absolute Gasteiger partial charge is 0.280 e. The Kier molecular flexibility index (Phi) is 5.66. The lowest BCUT2D eigenvalue weighted by Gasteiger charge is -2.17. The van der Waals surface area contributed by atoms with Crippen LogP contribution in [-0.2, 0) is 0 Å². The lowest BCUT2D eigenvalue weighted by molar-refractivity contribution is 0.0984. The van der Waals surface area contributed by atoms with Crippen LogP contribution in [0.2, 0.25) is 10.0 Å². The molecule has 1 amide bonds. The smallest absolute Gasteiger partial charge is 0.279 e. The van der Waals surface area contributed by atoms with Gasteiger partial charge in [-0.1, -0.05) is 35.3 Å². The van der Waals surface area contributed by atoms with Gasteiger partial charge in [0.25, 0.3) is 5.91 Å². The van der Waals surface area contributed by atoms with Crippen LogP contribution in [0.5, 0.6) is 0 Å². The van der Waals surface area contributed by atoms with Crippen LogP contribution in [0.1, 0.15) is 16.2 Å². The van der Waals surface area contributed by atoms with E-state index in [1.165, 1.54) is 22.4 Å². The molecule has 0 saturated heterocycles. The molecule has 0 radical (unpaired) electrons. The van der Waals surface area contributed by atoms with Gasteiger partial charge in [-0.3, -0.25) is 14.7 Å². The molecule has 3 rings (SSSR count). The maximum Gasteiger partial charge on any atom is 0.280 e. The Balaban J connectivity index is 1.92. The third-order valence-electron chi connectivity index (χ3n) is 3.50. The Morgan fingerprint density at radius 3 is 2.73 bits per heavy atom. The summed E-state index contributed by atoms with van der Waals surface area (Å²) in [6, 6.07) is 5.29. The number of amides is 1. The summed E-state index contributed by atoms with van der Waals surface area (Å²) in [4.78, 5) is 27.1. The van der Waals surface area contributed by atoms with E-state index in [2.05, 4.69) is 21.5 Å². The highest BCUT2D eigenvalue weighted by Crippen LogP contribution is 2.32. The molecule has 132 valence electrons. The van der Waals surface area contributed by atoms with Crippen molar-refractivity contribution >= 4 is 45.6 Å². The Morgan fingerprint density at radius 2 is 2.08 bits per heavy atom. The summed E-state index contributed by atoms with van der Waals surface area (Å²) < 4.78 is 0. The minimum Gasteiger partial charge on any atom is -0.279 e. The molecule has 0 aliphatic carbocycles. The topological polar surface area (TPSA) is 59.0 Å². The Morgan fingerprint density at radius 1 is 1.27 bits per heavy atom. The number of rotatable bonds is 5. The molecule has 2 aromatic heterocycles. The van der Waals surface area contributed by atoms with E-state index in [0.29, 0.717) is 27.4 Å². The Hall–Kier alpha value is -2.28. The number of aryl methyl sites for hydroxylation is 1. The van der Waals surface area contributed by atoms with Gasteiger partial charge < -0.3 is 0 Å². The summed E-state index contributed by atoms with van der Waals surface area (Å²) in [5.74, 6) is -0.285. The molecule has 0 aliphatic rings. The molecule has 0 unspecified atom stereocenters. The zero-order valence-corrected chi connectivity index (χ0v) is 16.1. The molecule has 0 bridgehead atoms. The van der Waals surface area contributed by atoms with E-state index in [1.54, 1.807) is 24.4 Å². The van der Waals surface area contributed by atoms with Gasteiger partial charge in [-0.2, -0.15) is 0 Å². The number of carbonyl (C=O) groups excluding carboxylic acids is 1. The summed E-state index contributed by atoms with van der Waals surface area (Å²) in [6.07, 6.45) is 4.66. The molecule has 1 aromatic carbocycles. The van der Waals surface area contributed by atoms with Crippen LogP contribution < -0.4 is 4.90 Å². The number of thiazole rings is 1. The number of halogens is 2. The highest BCUT2D eigenvalue weighted by Gasteiger charge is 2.21. The highest BCUT2D eigenvalue weighted by atomic mass is 35.5. The maximum atomic E-state index is 12.8. The zero-order chi connectivity index (χ0) is 18.7. The van der Waals surface area contributed by atoms with Crippen molar-refractivity contribution in [3.8, 4) is 11.3 Å². The van der Waals surface area contributed by atoms with Crippen molar-refractivity contribution in [1.82, 2.24) is 15.0 Å². The summed E-state index contributed by atoms with van der Waals surface area (Å²) in [5, 5.41) is 3.33. The molecule has 8 heteroatoms. The Labute approximate surface area is 165 Å². The summed E-state index contributed by atoms with van der Waals surface area (Å²) in [6.45, 7) is 5.84. The predicted molar refractivity (Wildman–Crippen MR) is 106 cm³/mol. The van der Waals surface area contributed by atoms with Crippen molar-refractivity contribution < 1.29 is 4.79 Å². The van der Waals surface area contributed by atoms with Crippen LogP contribution in [0.15, 0.2) is 48.6 Å². The minimum atomic E-state index is -0.285. The molecule has 5 nitrogen and oxygen atoms in total. The monoisotopic (exact) mass is 404 g/mol. The van der Waals surface area contributed by atoms with Crippen LogP contribution in [0, 0.1) is 6.92 Å². The summed E-state index contributed by atoms with van der Waals surface area (Å²) in [5.41, 5.74) is 2.53. The molecule has 0 saturated carbocycles. The fraction of sp³-hybridized carbons (Fsp3) is 0.111. The van der Waals surface area contributed by atoms with Gasteiger partial charge in [-0.25, -0.2) is 9.97 Å². The molecule has 26 heavy (non-hydrogen) atoms.